The van der Waals surface area contributed by atoms with E-state index >= 15 is 0 Å². The Morgan fingerprint density at radius 2 is 0.673 bits per heavy atom. The number of aromatic amines is 1. The number of imidazole rings is 1. The first-order valence-corrected chi connectivity index (χ1v) is 36.0. The van der Waals surface area contributed by atoms with E-state index in [4.69, 9.17) is 43.9 Å². The van der Waals surface area contributed by atoms with Crippen molar-refractivity contribution >= 4 is 136 Å². The SMILES string of the molecule is Brc1ccc2c3ccc(Br)cc3c3[nH]c(-c4ccc(OCCOc5ccc6nc(-c7ccccc7)c(-c7ccccc7)nc6c5)cc4)nc3c2c1.C.O=C1C(=O)c2cc(Br)ccc2-c2ccc(Br)cc21.O=Cc1ccc(OCCOc2ccc3nc(-c4ccccc4)c(-c4ccccc4)nc3c2)cc1. The smallest absolute Gasteiger partial charge is 0.234 e. The molecule has 0 atom stereocenters. The largest absolute Gasteiger partial charge is 0.490 e. The van der Waals surface area contributed by atoms with E-state index in [2.05, 4.69) is 129 Å². The third kappa shape index (κ3) is 15.2. The molecular weight excluding hydrogens is 1560 g/mol. The average Bonchev–Trinajstić information content (AvgIpc) is 1.52. The van der Waals surface area contributed by atoms with Crippen molar-refractivity contribution in [3.63, 3.8) is 0 Å². The zero-order chi connectivity index (χ0) is 70.3. The van der Waals surface area contributed by atoms with Gasteiger partial charge in [-0.15, -0.1) is 0 Å². The molecule has 0 amide bonds. The summed E-state index contributed by atoms with van der Waals surface area (Å²) in [6, 6.07) is 90.6. The van der Waals surface area contributed by atoms with Crippen molar-refractivity contribution in [2.45, 2.75) is 7.43 Å². The standard InChI is InChI=1S/C43H28Br2N4O2.C29H22N2O3.C14H6Br2O2.CH4/c44-29-13-18-33-34-19-14-30(45)24-36(34)42-41(35(33)23-29)48-43(49-42)28-11-15-31(16-12-28)50-21-22-51-32-17-20-37-38(25-32)47-40(27-9-5-2-6-10-27)39(46-37)26-7-3-1-4-8-26;32-20-21-11-13-24(14-12-21)33-17-18-34-25-15-16-26-27(19-25)31-29(23-9-5-2-6-10-23)28(30-26)22-7-3-1-4-8-22;15-7-1-3-9-10-4-2-8(16)6-12(10)14(18)13(17)11(9)5-7;/h1-20,23-25H,21-22H2,(H,48,49);1-16,19-20H,17-18H2;1-6H;1H4. The summed E-state index contributed by atoms with van der Waals surface area (Å²) in [6.45, 7) is 1.52. The van der Waals surface area contributed by atoms with Gasteiger partial charge in [0.15, 0.2) is 0 Å². The van der Waals surface area contributed by atoms with E-state index in [0.29, 0.717) is 60.4 Å². The molecule has 17 rings (SSSR count). The van der Waals surface area contributed by atoms with E-state index in [1.165, 1.54) is 10.8 Å². The molecule has 13 nitrogen and oxygen atoms in total. The Balaban J connectivity index is 0.000000147. The number of carbonyl (C=O) groups excluding carboxylic acids is 3. The number of Topliss-reactive ketones (excluding diaryl/α,β-unsaturated/α-hetero) is 2. The van der Waals surface area contributed by atoms with Crippen LogP contribution in [0.15, 0.2) is 297 Å². The lowest BCUT2D eigenvalue weighted by molar-refractivity contribution is 0.0815. The van der Waals surface area contributed by atoms with Crippen LogP contribution in [0.2, 0.25) is 0 Å². The van der Waals surface area contributed by atoms with Crippen molar-refractivity contribution in [2.75, 3.05) is 26.4 Å². The van der Waals surface area contributed by atoms with Gasteiger partial charge in [-0.2, -0.15) is 0 Å². The predicted octanol–water partition coefficient (Wildman–Crippen LogP) is 22.9. The second-order valence-corrected chi connectivity index (χ2v) is 27.6. The molecule has 1 aliphatic carbocycles. The van der Waals surface area contributed by atoms with Gasteiger partial charge in [0, 0.05) is 85.3 Å². The Kier molecular flexibility index (Phi) is 21.1. The van der Waals surface area contributed by atoms with Gasteiger partial charge in [-0.3, -0.25) is 14.4 Å². The first-order valence-electron chi connectivity index (χ1n) is 32.9. The van der Waals surface area contributed by atoms with Crippen LogP contribution >= 0.6 is 63.7 Å². The Labute approximate surface area is 632 Å². The van der Waals surface area contributed by atoms with Gasteiger partial charge < -0.3 is 23.9 Å². The third-order valence-corrected chi connectivity index (χ3v) is 19.2. The van der Waals surface area contributed by atoms with Crippen LogP contribution < -0.4 is 18.9 Å². The van der Waals surface area contributed by atoms with Crippen LogP contribution in [0.5, 0.6) is 23.0 Å². The summed E-state index contributed by atoms with van der Waals surface area (Å²) < 4.78 is 27.4. The van der Waals surface area contributed by atoms with Gasteiger partial charge in [0.05, 0.1) is 55.9 Å². The molecule has 0 aliphatic heterocycles. The fourth-order valence-corrected chi connectivity index (χ4v) is 13.8. The van der Waals surface area contributed by atoms with E-state index in [1.54, 1.807) is 36.4 Å². The summed E-state index contributed by atoms with van der Waals surface area (Å²) in [5, 5.41) is 4.58. The van der Waals surface area contributed by atoms with Crippen molar-refractivity contribution in [2.24, 2.45) is 0 Å². The highest BCUT2D eigenvalue weighted by atomic mass is 79.9. The Hall–Kier alpha value is -11.3. The Bertz CT molecular complexity index is 5740. The van der Waals surface area contributed by atoms with Crippen LogP contribution in [0.25, 0.3) is 122 Å². The maximum Gasteiger partial charge on any atom is 0.234 e. The molecule has 0 radical (unpaired) electrons. The second kappa shape index (κ2) is 31.5. The second-order valence-electron chi connectivity index (χ2n) is 23.9. The Morgan fingerprint density at radius 1 is 0.317 bits per heavy atom. The highest BCUT2D eigenvalue weighted by Gasteiger charge is 2.31. The molecule has 0 spiro atoms. The number of nitrogens with zero attached hydrogens (tertiary/aromatic N) is 5. The van der Waals surface area contributed by atoms with Crippen LogP contribution in [-0.2, 0) is 0 Å². The number of halogens is 4. The molecule has 3 heterocycles. The molecule has 16 aromatic rings. The number of aromatic nitrogens is 6. The Morgan fingerprint density at radius 3 is 1.10 bits per heavy atom. The normalized spacial score (nSPS) is 11.4. The summed E-state index contributed by atoms with van der Waals surface area (Å²) in [6.07, 6.45) is 0.807. The number of H-pyrrole nitrogens is 1. The highest BCUT2D eigenvalue weighted by molar-refractivity contribution is 9.11. The third-order valence-electron chi connectivity index (χ3n) is 17.3. The number of ether oxygens (including phenoxy) is 4. The minimum Gasteiger partial charge on any atom is -0.490 e. The minimum absolute atomic E-state index is 0. The van der Waals surface area contributed by atoms with Gasteiger partial charge in [-0.05, 0) is 143 Å². The summed E-state index contributed by atoms with van der Waals surface area (Å²) in [5.41, 5.74) is 16.7. The number of hydrogen-bond acceptors (Lipinski definition) is 12. The first-order chi connectivity index (χ1) is 50.4. The molecule has 13 aromatic carbocycles. The topological polar surface area (TPSA) is 168 Å². The van der Waals surface area contributed by atoms with Gasteiger partial charge in [0.25, 0.3) is 0 Å². The highest BCUT2D eigenvalue weighted by Crippen LogP contribution is 2.41. The minimum atomic E-state index is -0.447. The maximum atomic E-state index is 12.1. The molecule has 0 unspecified atom stereocenters. The quantitative estimate of drug-likeness (QED) is 0.0421. The number of benzene rings is 13. The van der Waals surface area contributed by atoms with Crippen molar-refractivity contribution in [3.8, 4) is 90.5 Å². The zero-order valence-corrected chi connectivity index (χ0v) is 60.9. The van der Waals surface area contributed by atoms with E-state index in [9.17, 15) is 14.4 Å². The average molecular weight is 1620 g/mol. The molecule has 1 aliphatic rings. The lowest BCUT2D eigenvalue weighted by atomic mass is 9.84. The predicted molar refractivity (Wildman–Crippen MR) is 429 cm³/mol. The molecule has 3 aromatic heterocycles. The molecule has 0 saturated heterocycles. The van der Waals surface area contributed by atoms with E-state index in [-0.39, 0.29) is 7.43 Å². The summed E-state index contributed by atoms with van der Waals surface area (Å²) in [7, 11) is 0. The van der Waals surface area contributed by atoms with Crippen LogP contribution in [0.3, 0.4) is 0 Å². The van der Waals surface area contributed by atoms with Crippen molar-refractivity contribution in [1.82, 2.24) is 29.9 Å². The first kappa shape index (κ1) is 69.7. The zero-order valence-electron chi connectivity index (χ0n) is 54.6. The molecule has 104 heavy (non-hydrogen) atoms. The van der Waals surface area contributed by atoms with E-state index < -0.39 is 11.6 Å². The van der Waals surface area contributed by atoms with Gasteiger partial charge in [-0.25, -0.2) is 24.9 Å². The van der Waals surface area contributed by atoms with Gasteiger partial charge >= 0.3 is 0 Å². The molecular formula is C87H60Br4N6O7. The number of nitrogens with one attached hydrogen (secondary N) is 1. The number of carbonyl (C=O) groups is 3. The van der Waals surface area contributed by atoms with E-state index in [0.717, 1.165) is 141 Å². The van der Waals surface area contributed by atoms with Crippen molar-refractivity contribution < 1.29 is 33.3 Å². The molecule has 0 bridgehead atoms. The summed E-state index contributed by atoms with van der Waals surface area (Å²) in [4.78, 5) is 63.5. The van der Waals surface area contributed by atoms with Gasteiger partial charge in [0.2, 0.25) is 11.6 Å². The lowest BCUT2D eigenvalue weighted by Crippen LogP contribution is -2.21. The van der Waals surface area contributed by atoms with Crippen LogP contribution in [-0.4, -0.2) is 74.2 Å². The van der Waals surface area contributed by atoms with Crippen LogP contribution in [0.1, 0.15) is 38.5 Å². The monoisotopic (exact) mass is 1620 g/mol. The number of ketones is 2. The molecule has 0 fully saturated rings. The van der Waals surface area contributed by atoms with Crippen molar-refractivity contribution in [3.05, 3.63) is 314 Å². The summed E-state index contributed by atoms with van der Waals surface area (Å²) in [5.74, 6) is 2.78. The van der Waals surface area contributed by atoms with Crippen molar-refractivity contribution in [1.29, 1.82) is 0 Å². The maximum absolute atomic E-state index is 12.1. The molecule has 508 valence electrons. The van der Waals surface area contributed by atoms with Gasteiger partial charge in [-0.1, -0.05) is 217 Å². The summed E-state index contributed by atoms with van der Waals surface area (Å²) >= 11 is 13.9. The number of hydrogen-bond donors (Lipinski definition) is 1. The van der Waals surface area contributed by atoms with E-state index in [1.807, 2.05) is 182 Å². The molecule has 17 heteroatoms. The van der Waals surface area contributed by atoms with Gasteiger partial charge in [0.1, 0.15) is 61.5 Å². The number of aldehydes is 1. The number of fused-ring (bicyclic) bond motifs is 11. The lowest BCUT2D eigenvalue weighted by Gasteiger charge is -2.18. The van der Waals surface area contributed by atoms with Crippen LogP contribution in [0, 0.1) is 0 Å². The number of rotatable bonds is 16. The molecule has 1 N–H and O–H groups in total. The van der Waals surface area contributed by atoms with Crippen LogP contribution in [0.4, 0.5) is 0 Å². The molecule has 0 saturated carbocycles. The fraction of sp³-hybridized carbons (Fsp3) is 0.0575. The fourth-order valence-electron chi connectivity index (χ4n) is 12.4.